The molecule has 0 radical (unpaired) electrons. The number of carbonyl (C=O) groups excluding carboxylic acids is 1. The van der Waals surface area contributed by atoms with E-state index in [1.807, 2.05) is 0 Å². The van der Waals surface area contributed by atoms with Crippen molar-refractivity contribution in [3.63, 3.8) is 0 Å². The van der Waals surface area contributed by atoms with Crippen molar-refractivity contribution in [2.45, 2.75) is 13.0 Å². The number of carbonyl (C=O) groups is 1. The minimum absolute atomic E-state index is 0.179. The zero-order valence-electron chi connectivity index (χ0n) is 9.16. The number of rotatable bonds is 4. The third kappa shape index (κ3) is 3.20. The minimum Gasteiger partial charge on any atom is -0.483 e. The number of benzene rings is 1. The Bertz CT molecular complexity index is 379. The average molecular weight is 227 g/mol. The lowest BCUT2D eigenvalue weighted by molar-refractivity contribution is -0.122. The van der Waals surface area contributed by atoms with E-state index in [1.165, 1.54) is 19.2 Å². The number of ether oxygens (including phenoxy) is 1. The van der Waals surface area contributed by atoms with Gasteiger partial charge in [0.25, 0.3) is 5.91 Å². The van der Waals surface area contributed by atoms with Crippen LogP contribution in [-0.2, 0) is 4.79 Å². The van der Waals surface area contributed by atoms with Crippen molar-refractivity contribution in [1.29, 1.82) is 0 Å². The highest BCUT2D eigenvalue weighted by molar-refractivity contribution is 5.77. The highest BCUT2D eigenvalue weighted by atomic mass is 19.1. The van der Waals surface area contributed by atoms with Gasteiger partial charge in [0, 0.05) is 18.7 Å². The maximum Gasteiger partial charge on any atom is 0.257 e. The number of hydrogen-bond donors (Lipinski definition) is 2. The summed E-state index contributed by atoms with van der Waals surface area (Å²) in [5.74, 6) is -0.615. The molecule has 0 fully saturated rings. The van der Waals surface area contributed by atoms with Gasteiger partial charge in [-0.15, -0.1) is 0 Å². The van der Waals surface area contributed by atoms with E-state index in [1.54, 1.807) is 6.92 Å². The molecule has 1 amide bonds. The van der Waals surface area contributed by atoms with E-state index in [0.29, 0.717) is 5.56 Å². The molecule has 1 atom stereocenters. The normalized spacial score (nSPS) is 12.0. The Hall–Kier alpha value is -1.62. The Labute approximate surface area is 93.0 Å². The van der Waals surface area contributed by atoms with Crippen LogP contribution in [0.5, 0.6) is 5.75 Å². The van der Waals surface area contributed by atoms with Crippen LogP contribution in [0, 0.1) is 5.82 Å². The Kier molecular flexibility index (Phi) is 4.25. The Morgan fingerprint density at radius 1 is 1.62 bits per heavy atom. The van der Waals surface area contributed by atoms with Crippen molar-refractivity contribution in [3.05, 3.63) is 29.6 Å². The van der Waals surface area contributed by atoms with E-state index in [-0.39, 0.29) is 18.3 Å². The molecule has 1 aromatic carbocycles. The number of halogens is 1. The molecule has 0 aromatic heterocycles. The number of nitrogens with one attached hydrogen (secondary N) is 1. The summed E-state index contributed by atoms with van der Waals surface area (Å²) in [6.45, 7) is 1.33. The second-order valence-electron chi connectivity index (χ2n) is 3.32. The fourth-order valence-electron chi connectivity index (χ4n) is 1.19. The summed E-state index contributed by atoms with van der Waals surface area (Å²) in [5.41, 5.74) is 0.449. The first kappa shape index (κ1) is 12.4. The minimum atomic E-state index is -0.778. The predicted molar refractivity (Wildman–Crippen MR) is 56.6 cm³/mol. The molecule has 0 saturated carbocycles. The van der Waals surface area contributed by atoms with Gasteiger partial charge in [0.2, 0.25) is 0 Å². The lowest BCUT2D eigenvalue weighted by atomic mass is 10.1. The zero-order chi connectivity index (χ0) is 12.1. The number of amides is 1. The number of aliphatic hydroxyl groups excluding tert-OH is 1. The van der Waals surface area contributed by atoms with Crippen molar-refractivity contribution in [1.82, 2.24) is 5.32 Å². The summed E-state index contributed by atoms with van der Waals surface area (Å²) in [4.78, 5) is 11.0. The van der Waals surface area contributed by atoms with Crippen LogP contribution < -0.4 is 10.1 Å². The van der Waals surface area contributed by atoms with Crippen molar-refractivity contribution in [2.75, 3.05) is 13.7 Å². The van der Waals surface area contributed by atoms with Gasteiger partial charge in [-0.05, 0) is 19.1 Å². The first-order valence-electron chi connectivity index (χ1n) is 4.85. The van der Waals surface area contributed by atoms with Crippen LogP contribution in [0.4, 0.5) is 4.39 Å². The summed E-state index contributed by atoms with van der Waals surface area (Å²) in [6.07, 6.45) is -0.778. The molecule has 0 unspecified atom stereocenters. The third-order valence-corrected chi connectivity index (χ3v) is 2.06. The maximum absolute atomic E-state index is 13.0. The topological polar surface area (TPSA) is 58.6 Å². The maximum atomic E-state index is 13.0. The standard InChI is InChI=1S/C11H14FNO3/c1-7(14)9-4-3-8(12)5-10(9)16-6-11(15)13-2/h3-5,7,14H,6H2,1-2H3,(H,13,15)/t7-/m0/s1. The molecular weight excluding hydrogens is 213 g/mol. The summed E-state index contributed by atoms with van der Waals surface area (Å²) in [7, 11) is 1.48. The van der Waals surface area contributed by atoms with Gasteiger partial charge in [-0.25, -0.2) is 4.39 Å². The summed E-state index contributed by atoms with van der Waals surface area (Å²) in [5, 5.41) is 11.8. The zero-order valence-corrected chi connectivity index (χ0v) is 9.16. The first-order chi connectivity index (χ1) is 7.54. The van der Waals surface area contributed by atoms with Gasteiger partial charge in [0.15, 0.2) is 6.61 Å². The van der Waals surface area contributed by atoms with Crippen LogP contribution in [0.25, 0.3) is 0 Å². The second kappa shape index (κ2) is 5.46. The molecule has 0 bridgehead atoms. The molecule has 0 heterocycles. The van der Waals surface area contributed by atoms with E-state index >= 15 is 0 Å². The van der Waals surface area contributed by atoms with Crippen LogP contribution in [0.1, 0.15) is 18.6 Å². The van der Waals surface area contributed by atoms with Gasteiger partial charge in [-0.2, -0.15) is 0 Å². The summed E-state index contributed by atoms with van der Waals surface area (Å²) >= 11 is 0. The molecular formula is C11H14FNO3. The number of likely N-dealkylation sites (N-methyl/N-ethyl adjacent to an activating group) is 1. The molecule has 0 aliphatic carbocycles. The molecule has 88 valence electrons. The van der Waals surface area contributed by atoms with Crippen molar-refractivity contribution in [2.24, 2.45) is 0 Å². The number of aliphatic hydroxyl groups is 1. The third-order valence-electron chi connectivity index (χ3n) is 2.06. The van der Waals surface area contributed by atoms with Gasteiger partial charge in [0.1, 0.15) is 11.6 Å². The molecule has 16 heavy (non-hydrogen) atoms. The van der Waals surface area contributed by atoms with Crippen LogP contribution in [0.15, 0.2) is 18.2 Å². The van der Waals surface area contributed by atoms with E-state index in [4.69, 9.17) is 4.74 Å². The molecule has 1 aromatic rings. The molecule has 0 aliphatic rings. The fraction of sp³-hybridized carbons (Fsp3) is 0.364. The molecule has 4 nitrogen and oxygen atoms in total. The Morgan fingerprint density at radius 2 is 2.31 bits per heavy atom. The molecule has 0 aliphatic heterocycles. The second-order valence-corrected chi connectivity index (χ2v) is 3.32. The average Bonchev–Trinajstić information content (AvgIpc) is 2.25. The first-order valence-corrected chi connectivity index (χ1v) is 4.85. The van der Waals surface area contributed by atoms with Gasteiger partial charge in [-0.1, -0.05) is 0 Å². The van der Waals surface area contributed by atoms with Gasteiger partial charge in [-0.3, -0.25) is 4.79 Å². The fourth-order valence-corrected chi connectivity index (χ4v) is 1.19. The quantitative estimate of drug-likeness (QED) is 0.806. The highest BCUT2D eigenvalue weighted by Gasteiger charge is 2.11. The van der Waals surface area contributed by atoms with Gasteiger partial charge < -0.3 is 15.2 Å². The molecule has 1 rings (SSSR count). The summed E-state index contributed by atoms with van der Waals surface area (Å²) < 4.78 is 18.1. The summed E-state index contributed by atoms with van der Waals surface area (Å²) in [6, 6.07) is 3.80. The van der Waals surface area contributed by atoms with E-state index in [9.17, 15) is 14.3 Å². The molecule has 5 heteroatoms. The van der Waals surface area contributed by atoms with E-state index in [0.717, 1.165) is 6.07 Å². The SMILES string of the molecule is CNC(=O)COc1cc(F)ccc1[C@H](C)O. The Balaban J connectivity index is 2.84. The molecule has 2 N–H and O–H groups in total. The monoisotopic (exact) mass is 227 g/mol. The lowest BCUT2D eigenvalue weighted by Crippen LogP contribution is -2.25. The molecule has 0 spiro atoms. The molecule has 0 saturated heterocycles. The highest BCUT2D eigenvalue weighted by Crippen LogP contribution is 2.25. The van der Waals surface area contributed by atoms with Crippen molar-refractivity contribution >= 4 is 5.91 Å². The van der Waals surface area contributed by atoms with Gasteiger partial charge >= 0.3 is 0 Å². The van der Waals surface area contributed by atoms with Crippen LogP contribution in [0.3, 0.4) is 0 Å². The van der Waals surface area contributed by atoms with E-state index in [2.05, 4.69) is 5.32 Å². The van der Waals surface area contributed by atoms with Crippen molar-refractivity contribution < 1.29 is 19.0 Å². The van der Waals surface area contributed by atoms with E-state index < -0.39 is 11.9 Å². The smallest absolute Gasteiger partial charge is 0.257 e. The number of hydrogen-bond acceptors (Lipinski definition) is 3. The van der Waals surface area contributed by atoms with Crippen molar-refractivity contribution in [3.8, 4) is 5.75 Å². The van der Waals surface area contributed by atoms with Gasteiger partial charge in [0.05, 0.1) is 6.10 Å². The van der Waals surface area contributed by atoms with Crippen LogP contribution >= 0.6 is 0 Å². The predicted octanol–water partition coefficient (Wildman–Crippen LogP) is 1.00. The van der Waals surface area contributed by atoms with Crippen LogP contribution in [0.2, 0.25) is 0 Å². The van der Waals surface area contributed by atoms with Crippen LogP contribution in [-0.4, -0.2) is 24.7 Å². The largest absolute Gasteiger partial charge is 0.483 e. The Morgan fingerprint density at radius 3 is 2.88 bits per heavy atom. The lowest BCUT2D eigenvalue weighted by Gasteiger charge is -2.12.